The molecule has 0 aliphatic carbocycles. The van der Waals surface area contributed by atoms with E-state index in [9.17, 15) is 4.79 Å². The van der Waals surface area contributed by atoms with Gasteiger partial charge in [-0.2, -0.15) is 5.10 Å². The van der Waals surface area contributed by atoms with Gasteiger partial charge in [-0.15, -0.1) is 10.2 Å². The fourth-order valence-corrected chi connectivity index (χ4v) is 3.36. The van der Waals surface area contributed by atoms with Crippen molar-refractivity contribution in [2.45, 2.75) is 0 Å². The first-order valence-corrected chi connectivity index (χ1v) is 10.9. The zero-order valence-electron chi connectivity index (χ0n) is 19.6. The van der Waals surface area contributed by atoms with Crippen molar-refractivity contribution in [3.05, 3.63) is 66.6 Å². The number of rotatable bonds is 10. The first-order chi connectivity index (χ1) is 17.1. The highest BCUT2D eigenvalue weighted by molar-refractivity contribution is 5.94. The van der Waals surface area contributed by atoms with Gasteiger partial charge in [0.1, 0.15) is 23.0 Å². The molecule has 3 heterocycles. The number of nitrogens with one attached hydrogen (secondary N) is 3. The minimum Gasteiger partial charge on any atom is -0.497 e. The molecule has 0 unspecified atom stereocenters. The van der Waals surface area contributed by atoms with Gasteiger partial charge in [0.25, 0.3) is 5.91 Å². The van der Waals surface area contributed by atoms with Crippen LogP contribution in [-0.4, -0.2) is 58.2 Å². The van der Waals surface area contributed by atoms with E-state index in [2.05, 4.69) is 36.2 Å². The van der Waals surface area contributed by atoms with Crippen molar-refractivity contribution in [3.8, 4) is 22.8 Å². The summed E-state index contributed by atoms with van der Waals surface area (Å²) in [5.74, 6) is 2.29. The van der Waals surface area contributed by atoms with Crippen LogP contribution in [0.2, 0.25) is 0 Å². The zero-order valence-corrected chi connectivity index (χ0v) is 19.6. The average molecular weight is 475 g/mol. The fraction of sp³-hybridized carbons (Fsp3) is 0.208. The number of carbonyl (C=O) groups is 1. The number of methoxy groups -OCH3 is 2. The number of aryl methyl sites for hydroxylation is 1. The molecule has 0 atom stereocenters. The zero-order chi connectivity index (χ0) is 24.6. The molecule has 11 nitrogen and oxygen atoms in total. The number of anilines is 3. The predicted octanol–water partition coefficient (Wildman–Crippen LogP) is 2.87. The number of amides is 1. The maximum Gasteiger partial charge on any atom is 0.269 e. The van der Waals surface area contributed by atoms with Crippen molar-refractivity contribution >= 4 is 23.2 Å². The highest BCUT2D eigenvalue weighted by Gasteiger charge is 2.17. The molecular formula is C24H26N8O3. The molecule has 0 aliphatic rings. The normalized spacial score (nSPS) is 10.5. The monoisotopic (exact) mass is 474 g/mol. The molecule has 0 saturated heterocycles. The Bertz CT molecular complexity index is 1280. The van der Waals surface area contributed by atoms with Gasteiger partial charge in [0.05, 0.1) is 31.8 Å². The first-order valence-electron chi connectivity index (χ1n) is 10.9. The molecule has 1 amide bonds. The van der Waals surface area contributed by atoms with E-state index < -0.39 is 0 Å². The number of carbonyl (C=O) groups excluding carboxylic acids is 1. The Kier molecular flexibility index (Phi) is 7.36. The Hall–Kier alpha value is -4.67. The van der Waals surface area contributed by atoms with Crippen LogP contribution in [0.15, 0.2) is 60.9 Å². The molecule has 35 heavy (non-hydrogen) atoms. The van der Waals surface area contributed by atoms with E-state index in [1.54, 1.807) is 51.9 Å². The van der Waals surface area contributed by atoms with Gasteiger partial charge in [-0.25, -0.2) is 0 Å². The summed E-state index contributed by atoms with van der Waals surface area (Å²) in [6, 6.07) is 14.5. The maximum absolute atomic E-state index is 12.7. The second-order valence-electron chi connectivity index (χ2n) is 7.46. The van der Waals surface area contributed by atoms with Crippen LogP contribution in [0.5, 0.6) is 11.5 Å². The summed E-state index contributed by atoms with van der Waals surface area (Å²) >= 11 is 0. The minimum absolute atomic E-state index is 0.239. The van der Waals surface area contributed by atoms with Crippen molar-refractivity contribution in [2.75, 3.05) is 37.9 Å². The third kappa shape index (κ3) is 5.82. The smallest absolute Gasteiger partial charge is 0.269 e. The molecule has 0 aliphatic heterocycles. The number of pyridine rings is 1. The van der Waals surface area contributed by atoms with Crippen molar-refractivity contribution in [2.24, 2.45) is 7.05 Å². The quantitative estimate of drug-likeness (QED) is 0.297. The van der Waals surface area contributed by atoms with Gasteiger partial charge in [-0.1, -0.05) is 0 Å². The highest BCUT2D eigenvalue weighted by Crippen LogP contribution is 2.32. The molecule has 0 fully saturated rings. The number of ether oxygens (including phenoxy) is 2. The summed E-state index contributed by atoms with van der Waals surface area (Å²) in [5, 5.41) is 21.9. The molecule has 0 bridgehead atoms. The Morgan fingerprint density at radius 3 is 2.54 bits per heavy atom. The lowest BCUT2D eigenvalue weighted by molar-refractivity contribution is 0.0946. The summed E-state index contributed by atoms with van der Waals surface area (Å²) < 4.78 is 12.3. The standard InChI is InChI=1S/C24H26N8O3/c1-32-20(14-19(31-32)18-13-17(34-2)6-7-21(18)35-3)24(33)27-12-11-26-22-8-9-23(30-29-22)28-16-5-4-10-25-15-16/h4-10,13-15H,11-12H2,1-3H3,(H,26,29)(H,27,33)(H,28,30). The average Bonchev–Trinajstić information content (AvgIpc) is 3.29. The fourth-order valence-electron chi connectivity index (χ4n) is 3.36. The van der Waals surface area contributed by atoms with Crippen LogP contribution in [0.25, 0.3) is 11.3 Å². The van der Waals surface area contributed by atoms with Gasteiger partial charge in [-0.05, 0) is 48.5 Å². The molecule has 11 heteroatoms. The number of hydrogen-bond acceptors (Lipinski definition) is 9. The minimum atomic E-state index is -0.239. The molecule has 0 saturated carbocycles. The third-order valence-corrected chi connectivity index (χ3v) is 5.11. The lowest BCUT2D eigenvalue weighted by atomic mass is 10.1. The van der Waals surface area contributed by atoms with Crippen LogP contribution in [0, 0.1) is 0 Å². The van der Waals surface area contributed by atoms with Gasteiger partial charge >= 0.3 is 0 Å². The highest BCUT2D eigenvalue weighted by atomic mass is 16.5. The second kappa shape index (κ2) is 11.0. The second-order valence-corrected chi connectivity index (χ2v) is 7.46. The van der Waals surface area contributed by atoms with Gasteiger partial charge in [-0.3, -0.25) is 14.5 Å². The van der Waals surface area contributed by atoms with Gasteiger partial charge < -0.3 is 25.4 Å². The largest absolute Gasteiger partial charge is 0.497 e. The van der Waals surface area contributed by atoms with E-state index in [0.29, 0.717) is 47.6 Å². The topological polar surface area (TPSA) is 128 Å². The summed E-state index contributed by atoms with van der Waals surface area (Å²) in [6.45, 7) is 0.864. The van der Waals surface area contributed by atoms with Crippen LogP contribution in [0.4, 0.5) is 17.3 Å². The van der Waals surface area contributed by atoms with Crippen LogP contribution < -0.4 is 25.4 Å². The number of aromatic nitrogens is 5. The molecule has 1 aromatic carbocycles. The summed E-state index contributed by atoms with van der Waals surface area (Å²) in [4.78, 5) is 16.8. The molecular weight excluding hydrogens is 448 g/mol. The van der Waals surface area contributed by atoms with Gasteiger partial charge in [0.2, 0.25) is 0 Å². The third-order valence-electron chi connectivity index (χ3n) is 5.11. The van der Waals surface area contributed by atoms with Crippen molar-refractivity contribution < 1.29 is 14.3 Å². The van der Waals surface area contributed by atoms with E-state index in [1.807, 2.05) is 30.3 Å². The lowest BCUT2D eigenvalue weighted by Gasteiger charge is -2.08. The number of hydrogen-bond donors (Lipinski definition) is 3. The van der Waals surface area contributed by atoms with Crippen LogP contribution in [0.1, 0.15) is 10.5 Å². The molecule has 3 aromatic heterocycles. The number of nitrogens with zero attached hydrogens (tertiary/aromatic N) is 5. The first kappa shape index (κ1) is 23.5. The maximum atomic E-state index is 12.7. The van der Waals surface area contributed by atoms with Crippen molar-refractivity contribution in [3.63, 3.8) is 0 Å². The Morgan fingerprint density at radius 2 is 1.83 bits per heavy atom. The van der Waals surface area contributed by atoms with E-state index in [-0.39, 0.29) is 5.91 Å². The Labute approximate surface area is 202 Å². The van der Waals surface area contributed by atoms with Crippen molar-refractivity contribution in [1.82, 2.24) is 30.3 Å². The van der Waals surface area contributed by atoms with E-state index >= 15 is 0 Å². The molecule has 0 radical (unpaired) electrons. The van der Waals surface area contributed by atoms with E-state index in [1.165, 1.54) is 4.68 Å². The lowest BCUT2D eigenvalue weighted by Crippen LogP contribution is -2.30. The molecule has 0 spiro atoms. The Morgan fingerprint density at radius 1 is 1.00 bits per heavy atom. The van der Waals surface area contributed by atoms with Crippen LogP contribution in [-0.2, 0) is 7.05 Å². The summed E-state index contributed by atoms with van der Waals surface area (Å²) in [5.41, 5.74) is 2.61. The Balaban J connectivity index is 1.31. The van der Waals surface area contributed by atoms with Gasteiger partial charge in [0, 0.05) is 31.9 Å². The van der Waals surface area contributed by atoms with Crippen molar-refractivity contribution in [1.29, 1.82) is 0 Å². The molecule has 3 N–H and O–H groups in total. The summed E-state index contributed by atoms with van der Waals surface area (Å²) in [7, 11) is 4.90. The summed E-state index contributed by atoms with van der Waals surface area (Å²) in [6.07, 6.45) is 3.41. The van der Waals surface area contributed by atoms with Gasteiger partial charge in [0.15, 0.2) is 5.82 Å². The molecule has 180 valence electrons. The van der Waals surface area contributed by atoms with Crippen LogP contribution in [0.3, 0.4) is 0 Å². The predicted molar refractivity (Wildman–Crippen MR) is 132 cm³/mol. The molecule has 4 rings (SSSR count). The molecule has 4 aromatic rings. The SMILES string of the molecule is COc1ccc(OC)c(-c2cc(C(=O)NCCNc3ccc(Nc4cccnc4)nn3)n(C)n2)c1. The van der Waals surface area contributed by atoms with E-state index in [4.69, 9.17) is 9.47 Å². The van der Waals surface area contributed by atoms with Crippen LogP contribution >= 0.6 is 0 Å². The number of benzene rings is 1. The van der Waals surface area contributed by atoms with E-state index in [0.717, 1.165) is 11.3 Å².